The van der Waals surface area contributed by atoms with Gasteiger partial charge in [0, 0.05) is 17.7 Å². The van der Waals surface area contributed by atoms with Gasteiger partial charge in [-0.1, -0.05) is 36.4 Å². The third-order valence-electron chi connectivity index (χ3n) is 5.27. The largest absolute Gasteiger partial charge is 0.493 e. The summed E-state index contributed by atoms with van der Waals surface area (Å²) < 4.78 is 5.90. The molecule has 2 amide bonds. The van der Waals surface area contributed by atoms with Crippen LogP contribution in [0, 0.1) is 5.92 Å². The highest BCUT2D eigenvalue weighted by atomic mass is 16.5. The number of hydrogen-bond acceptors (Lipinski definition) is 4. The lowest BCUT2D eigenvalue weighted by molar-refractivity contribution is -0.124. The summed E-state index contributed by atoms with van der Waals surface area (Å²) in [6, 6.07) is 15.4. The SMILES string of the molecule is O=C(/C=C/c1ccc(C=C(C(=O)NC2CC2)c2cccc(OCC3CC3)c2)cc1)NO. The molecule has 2 saturated carbocycles. The zero-order chi connectivity index (χ0) is 21.6. The molecule has 0 aromatic heterocycles. The molecule has 0 radical (unpaired) electrons. The Labute approximate surface area is 181 Å². The second-order valence-corrected chi connectivity index (χ2v) is 8.06. The Hall–Kier alpha value is -3.38. The molecular formula is C25H26N2O4. The van der Waals surface area contributed by atoms with Crippen molar-refractivity contribution >= 4 is 29.5 Å². The first-order chi connectivity index (χ1) is 15.1. The highest BCUT2D eigenvalue weighted by molar-refractivity contribution is 6.24. The smallest absolute Gasteiger partial charge is 0.267 e. The number of carbonyl (C=O) groups is 2. The second kappa shape index (κ2) is 9.62. The summed E-state index contributed by atoms with van der Waals surface area (Å²) in [4.78, 5) is 24.1. The van der Waals surface area contributed by atoms with Gasteiger partial charge in [0.25, 0.3) is 11.8 Å². The average molecular weight is 418 g/mol. The number of benzene rings is 2. The van der Waals surface area contributed by atoms with Gasteiger partial charge in [-0.3, -0.25) is 14.8 Å². The summed E-state index contributed by atoms with van der Waals surface area (Å²) in [5.74, 6) is 0.752. The van der Waals surface area contributed by atoms with Gasteiger partial charge in [-0.05, 0) is 72.6 Å². The summed E-state index contributed by atoms with van der Waals surface area (Å²) in [6.45, 7) is 0.722. The Kier molecular flexibility index (Phi) is 6.48. The maximum atomic E-state index is 13.0. The minimum atomic E-state index is -0.591. The third kappa shape index (κ3) is 6.30. The standard InChI is InChI=1S/C25H26N2O4/c28-24(27-30)13-10-17-4-6-18(7-5-17)14-23(25(29)26-21-11-12-21)20-2-1-3-22(15-20)31-16-19-8-9-19/h1-7,10,13-15,19,21,30H,8-9,11-12,16H2,(H,26,29)(H,27,28)/b13-10+,23-14?. The minimum Gasteiger partial charge on any atom is -0.493 e. The van der Waals surface area contributed by atoms with Crippen LogP contribution in [-0.4, -0.2) is 29.7 Å². The quantitative estimate of drug-likeness (QED) is 0.250. The van der Waals surface area contributed by atoms with Crippen molar-refractivity contribution in [2.75, 3.05) is 6.61 Å². The molecule has 6 heteroatoms. The van der Waals surface area contributed by atoms with Crippen molar-refractivity contribution in [1.29, 1.82) is 0 Å². The van der Waals surface area contributed by atoms with Crippen molar-refractivity contribution in [2.24, 2.45) is 5.92 Å². The topological polar surface area (TPSA) is 87.7 Å². The van der Waals surface area contributed by atoms with Gasteiger partial charge in [0.1, 0.15) is 5.75 Å². The van der Waals surface area contributed by atoms with E-state index in [1.54, 1.807) is 11.6 Å². The van der Waals surface area contributed by atoms with Crippen LogP contribution in [0.3, 0.4) is 0 Å². The van der Waals surface area contributed by atoms with Gasteiger partial charge in [0.15, 0.2) is 0 Å². The third-order valence-corrected chi connectivity index (χ3v) is 5.27. The molecule has 0 heterocycles. The summed E-state index contributed by atoms with van der Waals surface area (Å²) >= 11 is 0. The molecule has 160 valence electrons. The van der Waals surface area contributed by atoms with Gasteiger partial charge in [-0.15, -0.1) is 0 Å². The molecular weight excluding hydrogens is 392 g/mol. The first kappa shape index (κ1) is 20.9. The zero-order valence-electron chi connectivity index (χ0n) is 17.2. The van der Waals surface area contributed by atoms with Crippen LogP contribution < -0.4 is 15.5 Å². The van der Waals surface area contributed by atoms with Crippen molar-refractivity contribution in [3.8, 4) is 5.75 Å². The highest BCUT2D eigenvalue weighted by Gasteiger charge is 2.25. The van der Waals surface area contributed by atoms with Crippen LogP contribution in [-0.2, 0) is 9.59 Å². The molecule has 0 saturated heterocycles. The zero-order valence-corrected chi connectivity index (χ0v) is 17.2. The molecule has 2 aromatic rings. The summed E-state index contributed by atoms with van der Waals surface area (Å²) in [6.07, 6.45) is 9.20. The summed E-state index contributed by atoms with van der Waals surface area (Å²) in [7, 11) is 0. The normalized spacial score (nSPS) is 16.2. The van der Waals surface area contributed by atoms with E-state index in [0.717, 1.165) is 41.9 Å². The molecule has 3 N–H and O–H groups in total. The van der Waals surface area contributed by atoms with Crippen LogP contribution in [0.4, 0.5) is 0 Å². The van der Waals surface area contributed by atoms with Crippen LogP contribution in [0.15, 0.2) is 54.6 Å². The van der Waals surface area contributed by atoms with Crippen molar-refractivity contribution < 1.29 is 19.5 Å². The molecule has 2 fully saturated rings. The van der Waals surface area contributed by atoms with E-state index in [1.807, 2.05) is 54.6 Å². The molecule has 0 spiro atoms. The van der Waals surface area contributed by atoms with Crippen molar-refractivity contribution in [2.45, 2.75) is 31.7 Å². The lowest BCUT2D eigenvalue weighted by atomic mass is 10.0. The highest BCUT2D eigenvalue weighted by Crippen LogP contribution is 2.30. The molecule has 0 atom stereocenters. The van der Waals surface area contributed by atoms with Crippen LogP contribution in [0.1, 0.15) is 42.4 Å². The van der Waals surface area contributed by atoms with E-state index in [9.17, 15) is 9.59 Å². The van der Waals surface area contributed by atoms with E-state index in [2.05, 4.69) is 5.32 Å². The fraction of sp³-hybridized carbons (Fsp3) is 0.280. The second-order valence-electron chi connectivity index (χ2n) is 8.06. The van der Waals surface area contributed by atoms with Gasteiger partial charge in [-0.25, -0.2) is 5.48 Å². The first-order valence-electron chi connectivity index (χ1n) is 10.6. The Balaban J connectivity index is 1.56. The molecule has 31 heavy (non-hydrogen) atoms. The van der Waals surface area contributed by atoms with E-state index >= 15 is 0 Å². The van der Waals surface area contributed by atoms with E-state index in [4.69, 9.17) is 9.94 Å². The van der Waals surface area contributed by atoms with E-state index < -0.39 is 5.91 Å². The Bertz CT molecular complexity index is 1000. The number of ether oxygens (including phenoxy) is 1. The maximum Gasteiger partial charge on any atom is 0.267 e. The Morgan fingerprint density at radius 3 is 2.45 bits per heavy atom. The summed E-state index contributed by atoms with van der Waals surface area (Å²) in [5, 5.41) is 11.6. The lowest BCUT2D eigenvalue weighted by Gasteiger charge is -2.12. The van der Waals surface area contributed by atoms with Gasteiger partial charge < -0.3 is 10.1 Å². The van der Waals surface area contributed by atoms with Crippen molar-refractivity contribution in [3.63, 3.8) is 0 Å². The van der Waals surface area contributed by atoms with E-state index in [1.165, 1.54) is 18.9 Å². The van der Waals surface area contributed by atoms with Gasteiger partial charge in [-0.2, -0.15) is 0 Å². The van der Waals surface area contributed by atoms with Crippen molar-refractivity contribution in [3.05, 3.63) is 71.3 Å². The number of hydroxylamine groups is 1. The molecule has 2 aromatic carbocycles. The first-order valence-corrected chi connectivity index (χ1v) is 10.6. The van der Waals surface area contributed by atoms with Crippen LogP contribution in [0.5, 0.6) is 5.75 Å². The molecule has 2 aliphatic carbocycles. The fourth-order valence-electron chi connectivity index (χ4n) is 3.10. The van der Waals surface area contributed by atoms with Crippen molar-refractivity contribution in [1.82, 2.24) is 10.8 Å². The van der Waals surface area contributed by atoms with Gasteiger partial charge >= 0.3 is 0 Å². The van der Waals surface area contributed by atoms with Crippen LogP contribution in [0.2, 0.25) is 0 Å². The number of hydrogen-bond donors (Lipinski definition) is 3. The lowest BCUT2D eigenvalue weighted by Crippen LogP contribution is -2.26. The minimum absolute atomic E-state index is 0.0922. The Morgan fingerprint density at radius 1 is 1.03 bits per heavy atom. The number of nitrogens with one attached hydrogen (secondary N) is 2. The number of rotatable bonds is 9. The van der Waals surface area contributed by atoms with Crippen LogP contribution in [0.25, 0.3) is 17.7 Å². The molecule has 0 bridgehead atoms. The van der Waals surface area contributed by atoms with E-state index in [-0.39, 0.29) is 11.9 Å². The monoisotopic (exact) mass is 418 g/mol. The number of carbonyl (C=O) groups excluding carboxylic acids is 2. The molecule has 0 unspecified atom stereocenters. The fourth-order valence-corrected chi connectivity index (χ4v) is 3.10. The predicted molar refractivity (Wildman–Crippen MR) is 119 cm³/mol. The number of amides is 2. The molecule has 6 nitrogen and oxygen atoms in total. The maximum absolute atomic E-state index is 13.0. The molecule has 2 aliphatic rings. The summed E-state index contributed by atoms with van der Waals surface area (Å²) in [5.41, 5.74) is 4.64. The van der Waals surface area contributed by atoms with Crippen LogP contribution >= 0.6 is 0 Å². The van der Waals surface area contributed by atoms with Gasteiger partial charge in [0.2, 0.25) is 0 Å². The predicted octanol–water partition coefficient (Wildman–Crippen LogP) is 3.81. The van der Waals surface area contributed by atoms with E-state index in [0.29, 0.717) is 11.5 Å². The average Bonchev–Trinajstić information content (AvgIpc) is 3.71. The van der Waals surface area contributed by atoms with Gasteiger partial charge in [0.05, 0.1) is 6.61 Å². The Morgan fingerprint density at radius 2 is 1.77 bits per heavy atom. The molecule has 0 aliphatic heterocycles. The molecule has 4 rings (SSSR count).